The predicted molar refractivity (Wildman–Crippen MR) is 75.1 cm³/mol. The molecular weight excluding hydrogens is 254 g/mol. The molecule has 4 atom stereocenters. The maximum Gasteiger partial charge on any atom is 0.126 e. The van der Waals surface area contributed by atoms with E-state index in [9.17, 15) is 5.11 Å². The molecule has 1 aromatic rings. The maximum absolute atomic E-state index is 10.6. The fourth-order valence-corrected chi connectivity index (χ4v) is 4.12. The third kappa shape index (κ3) is 1.75. The SMILES string of the molecule is COc1ccc2c(c1)[C@@H](O)CC1(CCN3CCC1C3)O2. The molecule has 3 heterocycles. The van der Waals surface area contributed by atoms with Gasteiger partial charge in [-0.1, -0.05) is 0 Å². The van der Waals surface area contributed by atoms with Gasteiger partial charge in [0.05, 0.1) is 13.2 Å². The monoisotopic (exact) mass is 275 g/mol. The largest absolute Gasteiger partial charge is 0.497 e. The van der Waals surface area contributed by atoms with Crippen LogP contribution >= 0.6 is 0 Å². The molecule has 0 radical (unpaired) electrons. The summed E-state index contributed by atoms with van der Waals surface area (Å²) in [5, 5.41) is 10.6. The number of rotatable bonds is 1. The van der Waals surface area contributed by atoms with Crippen molar-refractivity contribution >= 4 is 0 Å². The van der Waals surface area contributed by atoms with Crippen molar-refractivity contribution in [1.29, 1.82) is 0 Å². The van der Waals surface area contributed by atoms with Crippen LogP contribution in [0.1, 0.15) is 30.9 Å². The number of hydrogen-bond acceptors (Lipinski definition) is 4. The van der Waals surface area contributed by atoms with E-state index >= 15 is 0 Å². The van der Waals surface area contributed by atoms with Gasteiger partial charge in [-0.05, 0) is 31.2 Å². The first-order valence-corrected chi connectivity index (χ1v) is 7.47. The Hall–Kier alpha value is -1.26. The summed E-state index contributed by atoms with van der Waals surface area (Å²) in [5.74, 6) is 2.17. The highest BCUT2D eigenvalue weighted by molar-refractivity contribution is 5.44. The second kappa shape index (κ2) is 4.37. The summed E-state index contributed by atoms with van der Waals surface area (Å²) >= 11 is 0. The predicted octanol–water partition coefficient (Wildman–Crippen LogP) is 1.98. The molecule has 0 aromatic heterocycles. The summed E-state index contributed by atoms with van der Waals surface area (Å²) < 4.78 is 11.7. The van der Waals surface area contributed by atoms with Gasteiger partial charge in [-0.25, -0.2) is 0 Å². The highest BCUT2D eigenvalue weighted by Crippen LogP contribution is 2.49. The van der Waals surface area contributed by atoms with E-state index < -0.39 is 6.10 Å². The molecule has 1 spiro atoms. The van der Waals surface area contributed by atoms with E-state index in [0.717, 1.165) is 36.6 Å². The van der Waals surface area contributed by atoms with Crippen molar-refractivity contribution in [2.24, 2.45) is 5.92 Å². The van der Waals surface area contributed by atoms with Crippen molar-refractivity contribution < 1.29 is 14.6 Å². The maximum atomic E-state index is 10.6. The van der Waals surface area contributed by atoms with E-state index in [0.29, 0.717) is 12.3 Å². The van der Waals surface area contributed by atoms with Crippen LogP contribution in [0.15, 0.2) is 18.2 Å². The van der Waals surface area contributed by atoms with Gasteiger partial charge in [0.1, 0.15) is 17.1 Å². The molecule has 3 unspecified atom stereocenters. The van der Waals surface area contributed by atoms with Crippen LogP contribution in [0.2, 0.25) is 0 Å². The molecule has 0 aliphatic carbocycles. The third-order valence-corrected chi connectivity index (χ3v) is 5.30. The molecule has 20 heavy (non-hydrogen) atoms. The van der Waals surface area contributed by atoms with Crippen LogP contribution in [0.25, 0.3) is 0 Å². The van der Waals surface area contributed by atoms with Crippen LogP contribution in [0.5, 0.6) is 11.5 Å². The molecule has 1 aromatic carbocycles. The van der Waals surface area contributed by atoms with E-state index in [-0.39, 0.29) is 5.60 Å². The number of nitrogens with zero attached hydrogens (tertiary/aromatic N) is 1. The normalized spacial score (nSPS) is 38.4. The van der Waals surface area contributed by atoms with E-state index in [1.54, 1.807) is 7.11 Å². The molecule has 2 bridgehead atoms. The third-order valence-electron chi connectivity index (χ3n) is 5.30. The standard InChI is InChI=1S/C16H21NO3/c1-19-12-2-3-15-13(8-12)14(18)9-16(20-15)5-7-17-6-4-11(16)10-17/h2-3,8,11,14,18H,4-7,9-10H2,1H3/t11?,14-,16?/m0/s1. The number of methoxy groups -OCH3 is 1. The summed E-state index contributed by atoms with van der Waals surface area (Å²) in [5.41, 5.74) is 0.712. The zero-order valence-electron chi connectivity index (χ0n) is 11.8. The molecule has 4 rings (SSSR count). The van der Waals surface area contributed by atoms with Crippen LogP contribution in [0.3, 0.4) is 0 Å². The average molecular weight is 275 g/mol. The highest BCUT2D eigenvalue weighted by Gasteiger charge is 2.51. The summed E-state index contributed by atoms with van der Waals surface area (Å²) in [6.45, 7) is 3.40. The second-order valence-electron chi connectivity index (χ2n) is 6.33. The molecule has 0 saturated carbocycles. The first kappa shape index (κ1) is 12.5. The lowest BCUT2D eigenvalue weighted by atomic mass is 9.75. The van der Waals surface area contributed by atoms with Crippen molar-refractivity contribution in [3.05, 3.63) is 23.8 Å². The number of aliphatic hydroxyl groups excluding tert-OH is 1. The Kier molecular flexibility index (Phi) is 2.72. The zero-order chi connectivity index (χ0) is 13.7. The number of hydrogen-bond donors (Lipinski definition) is 1. The minimum atomic E-state index is -0.444. The molecule has 108 valence electrons. The fraction of sp³-hybridized carbons (Fsp3) is 0.625. The van der Waals surface area contributed by atoms with E-state index in [2.05, 4.69) is 4.90 Å². The average Bonchev–Trinajstić information content (AvgIpc) is 2.89. The Morgan fingerprint density at radius 1 is 1.40 bits per heavy atom. The van der Waals surface area contributed by atoms with E-state index in [1.165, 1.54) is 13.0 Å². The van der Waals surface area contributed by atoms with Crippen LogP contribution in [0, 0.1) is 5.92 Å². The van der Waals surface area contributed by atoms with E-state index in [4.69, 9.17) is 9.47 Å². The van der Waals surface area contributed by atoms with Gasteiger partial charge in [0.15, 0.2) is 0 Å². The first-order valence-electron chi connectivity index (χ1n) is 7.47. The van der Waals surface area contributed by atoms with Crippen LogP contribution in [0.4, 0.5) is 0 Å². The quantitative estimate of drug-likeness (QED) is 0.851. The van der Waals surface area contributed by atoms with Crippen molar-refractivity contribution in [2.45, 2.75) is 31.0 Å². The van der Waals surface area contributed by atoms with Crippen LogP contribution in [-0.2, 0) is 0 Å². The number of ether oxygens (including phenoxy) is 2. The lowest BCUT2D eigenvalue weighted by molar-refractivity contribution is -0.0736. The lowest BCUT2D eigenvalue weighted by Gasteiger charge is -2.47. The zero-order valence-corrected chi connectivity index (χ0v) is 11.8. The van der Waals surface area contributed by atoms with Crippen LogP contribution < -0.4 is 9.47 Å². The minimum Gasteiger partial charge on any atom is -0.497 e. The Bertz CT molecular complexity index is 532. The van der Waals surface area contributed by atoms with E-state index in [1.807, 2.05) is 18.2 Å². The summed E-state index contributed by atoms with van der Waals surface area (Å²) in [6.07, 6.45) is 2.49. The van der Waals surface area contributed by atoms with Crippen molar-refractivity contribution in [3.8, 4) is 11.5 Å². The van der Waals surface area contributed by atoms with Gasteiger partial charge in [-0.2, -0.15) is 0 Å². The number of piperidine rings is 1. The Morgan fingerprint density at radius 3 is 3.15 bits per heavy atom. The lowest BCUT2D eigenvalue weighted by Crippen LogP contribution is -2.53. The van der Waals surface area contributed by atoms with Gasteiger partial charge in [0, 0.05) is 37.4 Å². The molecule has 3 aliphatic heterocycles. The first-order chi connectivity index (χ1) is 9.70. The Balaban J connectivity index is 1.70. The van der Waals surface area contributed by atoms with Gasteiger partial charge in [-0.3, -0.25) is 0 Å². The fourth-order valence-electron chi connectivity index (χ4n) is 4.12. The number of fused-ring (bicyclic) bond motifs is 4. The van der Waals surface area contributed by atoms with Crippen molar-refractivity contribution in [1.82, 2.24) is 4.90 Å². The minimum absolute atomic E-state index is 0.159. The Labute approximate surface area is 119 Å². The second-order valence-corrected chi connectivity index (χ2v) is 6.33. The smallest absolute Gasteiger partial charge is 0.126 e. The molecule has 0 amide bonds. The van der Waals surface area contributed by atoms with Crippen molar-refractivity contribution in [3.63, 3.8) is 0 Å². The number of aliphatic hydroxyl groups is 1. The molecule has 2 saturated heterocycles. The van der Waals surface area contributed by atoms with Gasteiger partial charge in [0.2, 0.25) is 0 Å². The van der Waals surface area contributed by atoms with Crippen LogP contribution in [-0.4, -0.2) is 42.4 Å². The highest BCUT2D eigenvalue weighted by atomic mass is 16.5. The molecule has 1 N–H and O–H groups in total. The summed E-state index contributed by atoms with van der Waals surface area (Å²) in [7, 11) is 1.65. The van der Waals surface area contributed by atoms with Gasteiger partial charge >= 0.3 is 0 Å². The van der Waals surface area contributed by atoms with Gasteiger partial charge in [-0.15, -0.1) is 0 Å². The van der Waals surface area contributed by atoms with Crippen molar-refractivity contribution in [2.75, 3.05) is 26.7 Å². The molecular formula is C16H21NO3. The molecule has 2 fully saturated rings. The molecule has 4 heteroatoms. The molecule has 3 aliphatic rings. The van der Waals surface area contributed by atoms with Gasteiger partial charge < -0.3 is 19.5 Å². The Morgan fingerprint density at radius 2 is 2.30 bits per heavy atom. The summed E-state index contributed by atoms with van der Waals surface area (Å²) in [4.78, 5) is 2.51. The number of benzene rings is 1. The van der Waals surface area contributed by atoms with Gasteiger partial charge in [0.25, 0.3) is 0 Å². The topological polar surface area (TPSA) is 41.9 Å². The molecule has 4 nitrogen and oxygen atoms in total. The summed E-state index contributed by atoms with van der Waals surface area (Å²) in [6, 6.07) is 5.75.